The van der Waals surface area contributed by atoms with Crippen LogP contribution in [0.1, 0.15) is 25.7 Å². The Morgan fingerprint density at radius 3 is 3.00 bits per heavy atom. The van der Waals surface area contributed by atoms with E-state index in [0.29, 0.717) is 41.3 Å². The van der Waals surface area contributed by atoms with E-state index in [4.69, 9.17) is 27.9 Å². The molecule has 1 unspecified atom stereocenters. The predicted molar refractivity (Wildman–Crippen MR) is 89.9 cm³/mol. The van der Waals surface area contributed by atoms with Crippen molar-refractivity contribution in [1.29, 1.82) is 0 Å². The summed E-state index contributed by atoms with van der Waals surface area (Å²) in [7, 11) is 1.95. The van der Waals surface area contributed by atoms with Crippen molar-refractivity contribution in [2.24, 2.45) is 0 Å². The molecule has 1 aliphatic heterocycles. The van der Waals surface area contributed by atoms with Crippen LogP contribution < -0.4 is 10.1 Å². The molecule has 1 N–H and O–H groups in total. The van der Waals surface area contributed by atoms with E-state index in [1.165, 1.54) is 0 Å². The van der Waals surface area contributed by atoms with Crippen molar-refractivity contribution in [2.45, 2.75) is 31.7 Å². The first-order valence-corrected chi connectivity index (χ1v) is 8.38. The minimum atomic E-state index is 0.200. The van der Waals surface area contributed by atoms with E-state index in [1.54, 1.807) is 18.2 Å². The summed E-state index contributed by atoms with van der Waals surface area (Å²) in [6, 6.07) is 5.55. The lowest BCUT2D eigenvalue weighted by atomic mass is 10.1. The van der Waals surface area contributed by atoms with Gasteiger partial charge in [0.15, 0.2) is 0 Å². The summed E-state index contributed by atoms with van der Waals surface area (Å²) < 4.78 is 5.60. The Hall–Kier alpha value is -0.970. The number of rotatable bonds is 6. The molecule has 1 atom stereocenters. The maximum atomic E-state index is 12.2. The predicted octanol–water partition coefficient (Wildman–Crippen LogP) is 3.36. The Kier molecular flexibility index (Phi) is 6.80. The zero-order valence-corrected chi connectivity index (χ0v) is 14.3. The molecule has 0 aromatic heterocycles. The van der Waals surface area contributed by atoms with Gasteiger partial charge < -0.3 is 15.0 Å². The standard InChI is InChI=1S/C16H22Cl2N2O2/c1-19-13-4-2-8-20(11-13)16(21)5-3-9-22-15-7-6-12(17)10-14(15)18/h6-7,10,13,19H,2-5,8-9,11H2,1H3. The van der Waals surface area contributed by atoms with Gasteiger partial charge in [0.05, 0.1) is 11.6 Å². The number of halogens is 2. The molecule has 0 aliphatic carbocycles. The van der Waals surface area contributed by atoms with Crippen LogP contribution in [0.25, 0.3) is 0 Å². The van der Waals surface area contributed by atoms with Crippen molar-refractivity contribution in [3.63, 3.8) is 0 Å². The fourth-order valence-corrected chi connectivity index (χ4v) is 3.06. The van der Waals surface area contributed by atoms with Crippen LogP contribution in [0.2, 0.25) is 10.0 Å². The lowest BCUT2D eigenvalue weighted by Crippen LogP contribution is -2.46. The Bertz CT molecular complexity index is 511. The number of piperidine rings is 1. The molecule has 1 fully saturated rings. The molecule has 1 aromatic rings. The lowest BCUT2D eigenvalue weighted by molar-refractivity contribution is -0.132. The maximum Gasteiger partial charge on any atom is 0.222 e. The molecule has 122 valence electrons. The van der Waals surface area contributed by atoms with E-state index in [9.17, 15) is 4.79 Å². The molecular weight excluding hydrogens is 323 g/mol. The van der Waals surface area contributed by atoms with Gasteiger partial charge in [-0.3, -0.25) is 4.79 Å². The van der Waals surface area contributed by atoms with E-state index < -0.39 is 0 Å². The monoisotopic (exact) mass is 344 g/mol. The molecule has 4 nitrogen and oxygen atoms in total. The van der Waals surface area contributed by atoms with Crippen molar-refractivity contribution in [2.75, 3.05) is 26.7 Å². The summed E-state index contributed by atoms with van der Waals surface area (Å²) >= 11 is 11.9. The zero-order chi connectivity index (χ0) is 15.9. The average Bonchev–Trinajstić information content (AvgIpc) is 2.53. The van der Waals surface area contributed by atoms with E-state index in [-0.39, 0.29) is 5.91 Å². The van der Waals surface area contributed by atoms with E-state index in [0.717, 1.165) is 25.9 Å². The molecule has 1 aromatic carbocycles. The zero-order valence-electron chi connectivity index (χ0n) is 12.8. The number of likely N-dealkylation sites (tertiary alicyclic amines) is 1. The van der Waals surface area contributed by atoms with Gasteiger partial charge in [0, 0.05) is 30.6 Å². The second-order valence-electron chi connectivity index (χ2n) is 5.49. The molecule has 1 saturated heterocycles. The number of carbonyl (C=O) groups excluding carboxylic acids is 1. The van der Waals surface area contributed by atoms with Gasteiger partial charge in [0.1, 0.15) is 5.75 Å². The minimum Gasteiger partial charge on any atom is -0.492 e. The number of amides is 1. The Labute approximate surface area is 141 Å². The highest BCUT2D eigenvalue weighted by Crippen LogP contribution is 2.27. The number of carbonyl (C=O) groups is 1. The molecule has 0 saturated carbocycles. The largest absolute Gasteiger partial charge is 0.492 e. The Balaban J connectivity index is 1.70. The highest BCUT2D eigenvalue weighted by Gasteiger charge is 2.21. The molecule has 1 heterocycles. The Morgan fingerprint density at radius 2 is 2.27 bits per heavy atom. The summed E-state index contributed by atoms with van der Waals surface area (Å²) in [4.78, 5) is 14.1. The smallest absolute Gasteiger partial charge is 0.222 e. The molecule has 0 radical (unpaired) electrons. The number of hydrogen-bond acceptors (Lipinski definition) is 3. The second-order valence-corrected chi connectivity index (χ2v) is 6.34. The molecule has 1 amide bonds. The molecule has 1 aliphatic rings. The topological polar surface area (TPSA) is 41.6 Å². The van der Waals surface area contributed by atoms with Crippen molar-refractivity contribution < 1.29 is 9.53 Å². The molecular formula is C16H22Cl2N2O2. The van der Waals surface area contributed by atoms with Gasteiger partial charge in [-0.15, -0.1) is 0 Å². The van der Waals surface area contributed by atoms with Crippen LogP contribution in [0, 0.1) is 0 Å². The van der Waals surface area contributed by atoms with Gasteiger partial charge in [-0.05, 0) is 44.5 Å². The van der Waals surface area contributed by atoms with E-state index in [1.807, 2.05) is 11.9 Å². The fraction of sp³-hybridized carbons (Fsp3) is 0.562. The third kappa shape index (κ3) is 5.04. The third-order valence-corrected chi connectivity index (χ3v) is 4.40. The number of benzene rings is 1. The van der Waals surface area contributed by atoms with Crippen LogP contribution >= 0.6 is 23.2 Å². The van der Waals surface area contributed by atoms with Crippen molar-refractivity contribution >= 4 is 29.1 Å². The third-order valence-electron chi connectivity index (χ3n) is 3.87. The van der Waals surface area contributed by atoms with Gasteiger partial charge in [-0.25, -0.2) is 0 Å². The Morgan fingerprint density at radius 1 is 1.45 bits per heavy atom. The molecule has 0 spiro atoms. The molecule has 22 heavy (non-hydrogen) atoms. The average molecular weight is 345 g/mol. The quantitative estimate of drug-likeness (QED) is 0.804. The number of hydrogen-bond donors (Lipinski definition) is 1. The van der Waals surface area contributed by atoms with Gasteiger partial charge >= 0.3 is 0 Å². The number of ether oxygens (including phenoxy) is 1. The number of nitrogens with zero attached hydrogens (tertiary/aromatic N) is 1. The molecule has 0 bridgehead atoms. The summed E-state index contributed by atoms with van der Waals surface area (Å²) in [6.07, 6.45) is 3.38. The van der Waals surface area contributed by atoms with Gasteiger partial charge in [0.2, 0.25) is 5.91 Å². The van der Waals surface area contributed by atoms with Crippen LogP contribution in [-0.4, -0.2) is 43.6 Å². The molecule has 6 heteroatoms. The van der Waals surface area contributed by atoms with E-state index >= 15 is 0 Å². The highest BCUT2D eigenvalue weighted by atomic mass is 35.5. The van der Waals surface area contributed by atoms with Crippen LogP contribution in [0.5, 0.6) is 5.75 Å². The number of likely N-dealkylation sites (N-methyl/N-ethyl adjacent to an activating group) is 1. The van der Waals surface area contributed by atoms with Crippen LogP contribution in [-0.2, 0) is 4.79 Å². The summed E-state index contributed by atoms with van der Waals surface area (Å²) in [6.45, 7) is 2.14. The highest BCUT2D eigenvalue weighted by molar-refractivity contribution is 6.35. The van der Waals surface area contributed by atoms with Gasteiger partial charge in [-0.2, -0.15) is 0 Å². The van der Waals surface area contributed by atoms with Crippen molar-refractivity contribution in [3.8, 4) is 5.75 Å². The fourth-order valence-electron chi connectivity index (χ4n) is 2.60. The summed E-state index contributed by atoms with van der Waals surface area (Å²) in [5, 5.41) is 4.32. The minimum absolute atomic E-state index is 0.200. The van der Waals surface area contributed by atoms with Gasteiger partial charge in [-0.1, -0.05) is 23.2 Å². The van der Waals surface area contributed by atoms with Crippen LogP contribution in [0.4, 0.5) is 0 Å². The summed E-state index contributed by atoms with van der Waals surface area (Å²) in [5.74, 6) is 0.803. The van der Waals surface area contributed by atoms with Crippen molar-refractivity contribution in [1.82, 2.24) is 10.2 Å². The van der Waals surface area contributed by atoms with Gasteiger partial charge in [0.25, 0.3) is 0 Å². The normalized spacial score (nSPS) is 18.3. The molecule has 2 rings (SSSR count). The first-order chi connectivity index (χ1) is 10.6. The SMILES string of the molecule is CNC1CCCN(C(=O)CCCOc2ccc(Cl)cc2Cl)C1. The second kappa shape index (κ2) is 8.61. The number of nitrogens with one attached hydrogen (secondary N) is 1. The lowest BCUT2D eigenvalue weighted by Gasteiger charge is -2.32. The van der Waals surface area contributed by atoms with Crippen LogP contribution in [0.3, 0.4) is 0 Å². The first kappa shape index (κ1) is 17.4. The van der Waals surface area contributed by atoms with E-state index in [2.05, 4.69) is 5.32 Å². The summed E-state index contributed by atoms with van der Waals surface area (Å²) in [5.41, 5.74) is 0. The maximum absolute atomic E-state index is 12.2. The van der Waals surface area contributed by atoms with Crippen LogP contribution in [0.15, 0.2) is 18.2 Å². The first-order valence-electron chi connectivity index (χ1n) is 7.63. The van der Waals surface area contributed by atoms with Crippen molar-refractivity contribution in [3.05, 3.63) is 28.2 Å².